The van der Waals surface area contributed by atoms with E-state index >= 15 is 0 Å². The van der Waals surface area contributed by atoms with Gasteiger partial charge in [-0.1, -0.05) is 35.9 Å². The van der Waals surface area contributed by atoms with Gasteiger partial charge < -0.3 is 5.32 Å². The second-order valence-electron chi connectivity index (χ2n) is 3.51. The Balaban J connectivity index is 2.34. The van der Waals surface area contributed by atoms with E-state index in [-0.39, 0.29) is 5.91 Å². The molecule has 1 amide bonds. The molecule has 2 nitrogen and oxygen atoms in total. The Labute approximate surface area is 101 Å². The molecular formula is C13H16ClNO. The summed E-state index contributed by atoms with van der Waals surface area (Å²) < 4.78 is 0. The van der Waals surface area contributed by atoms with Crippen LogP contribution in [0.3, 0.4) is 0 Å². The quantitative estimate of drug-likeness (QED) is 0.619. The first-order chi connectivity index (χ1) is 7.72. The van der Waals surface area contributed by atoms with E-state index in [0.29, 0.717) is 18.0 Å². The fraction of sp³-hybridized carbons (Fsp3) is 0.308. The summed E-state index contributed by atoms with van der Waals surface area (Å²) in [5, 5.41) is 3.52. The van der Waals surface area contributed by atoms with Crippen LogP contribution in [0, 0.1) is 0 Å². The largest absolute Gasteiger partial charge is 0.356 e. The molecule has 0 aliphatic rings. The van der Waals surface area contributed by atoms with E-state index in [0.717, 1.165) is 12.0 Å². The van der Waals surface area contributed by atoms with Gasteiger partial charge in [-0.3, -0.25) is 4.79 Å². The van der Waals surface area contributed by atoms with Crippen molar-refractivity contribution in [1.82, 2.24) is 5.32 Å². The van der Waals surface area contributed by atoms with E-state index in [2.05, 4.69) is 5.32 Å². The predicted octanol–water partition coefficient (Wildman–Crippen LogP) is 2.96. The second kappa shape index (κ2) is 7.07. The summed E-state index contributed by atoms with van der Waals surface area (Å²) in [6.07, 6.45) is 5.26. The zero-order valence-corrected chi connectivity index (χ0v) is 10.1. The Morgan fingerprint density at radius 3 is 3.00 bits per heavy atom. The molecule has 0 unspecified atom stereocenters. The molecule has 86 valence electrons. The maximum absolute atomic E-state index is 11.5. The number of carbonyl (C=O) groups excluding carboxylic acids is 1. The number of hydrogen-bond acceptors (Lipinski definition) is 1. The maximum Gasteiger partial charge on any atom is 0.224 e. The number of carbonyl (C=O) groups is 1. The molecule has 0 spiro atoms. The van der Waals surface area contributed by atoms with Gasteiger partial charge in [0.1, 0.15) is 0 Å². The van der Waals surface area contributed by atoms with Gasteiger partial charge in [0.25, 0.3) is 0 Å². The van der Waals surface area contributed by atoms with Crippen molar-refractivity contribution < 1.29 is 4.79 Å². The van der Waals surface area contributed by atoms with Crippen molar-refractivity contribution in [3.63, 3.8) is 0 Å². The number of nitrogens with one attached hydrogen (secondary N) is 1. The lowest BCUT2D eigenvalue weighted by Crippen LogP contribution is -2.25. The van der Waals surface area contributed by atoms with Crippen LogP contribution in [0.15, 0.2) is 36.4 Å². The molecule has 3 heteroatoms. The van der Waals surface area contributed by atoms with Crippen molar-refractivity contribution in [2.45, 2.75) is 19.8 Å². The molecule has 1 aromatic rings. The van der Waals surface area contributed by atoms with Gasteiger partial charge in [-0.25, -0.2) is 0 Å². The number of amides is 1. The summed E-state index contributed by atoms with van der Waals surface area (Å²) in [7, 11) is 0. The minimum absolute atomic E-state index is 0.0340. The first-order valence-corrected chi connectivity index (χ1v) is 5.72. The van der Waals surface area contributed by atoms with Crippen molar-refractivity contribution >= 4 is 17.5 Å². The molecule has 0 atom stereocenters. The third kappa shape index (κ3) is 4.99. The van der Waals surface area contributed by atoms with Crippen LogP contribution in [0.4, 0.5) is 0 Å². The topological polar surface area (TPSA) is 29.1 Å². The van der Waals surface area contributed by atoms with Crippen LogP contribution in [-0.2, 0) is 11.2 Å². The molecule has 0 radical (unpaired) electrons. The molecule has 1 rings (SSSR count). The number of halogens is 1. The normalized spacial score (nSPS) is 10.6. The summed E-state index contributed by atoms with van der Waals surface area (Å²) in [5.41, 5.74) is 0.941. The van der Waals surface area contributed by atoms with Crippen molar-refractivity contribution in [2.75, 3.05) is 6.54 Å². The highest BCUT2D eigenvalue weighted by Gasteiger charge is 2.02. The Bertz CT molecular complexity index is 374. The second-order valence-corrected chi connectivity index (χ2v) is 3.95. The molecule has 0 aliphatic carbocycles. The molecule has 0 saturated heterocycles. The van der Waals surface area contributed by atoms with Crippen molar-refractivity contribution in [3.8, 4) is 0 Å². The number of allylic oxidation sites excluding steroid dienone is 1. The number of hydrogen-bond donors (Lipinski definition) is 1. The molecule has 0 fully saturated rings. The summed E-state index contributed by atoms with van der Waals surface area (Å²) in [6.45, 7) is 2.65. The van der Waals surface area contributed by atoms with Crippen LogP contribution in [0.2, 0.25) is 5.02 Å². The summed E-state index contributed by atoms with van der Waals surface area (Å²) >= 11 is 5.83. The highest BCUT2D eigenvalue weighted by atomic mass is 35.5. The zero-order valence-electron chi connectivity index (χ0n) is 9.37. The van der Waals surface area contributed by atoms with E-state index in [1.807, 2.05) is 37.3 Å². The average Bonchev–Trinajstić information content (AvgIpc) is 2.24. The van der Waals surface area contributed by atoms with E-state index < -0.39 is 0 Å². The number of benzene rings is 1. The van der Waals surface area contributed by atoms with Gasteiger partial charge in [0.05, 0.1) is 6.42 Å². The van der Waals surface area contributed by atoms with Gasteiger partial charge in [0.15, 0.2) is 0 Å². The predicted molar refractivity (Wildman–Crippen MR) is 67.6 cm³/mol. The SMILES string of the molecule is C/C=C/CCNC(=O)Cc1cccc(Cl)c1. The van der Waals surface area contributed by atoms with Gasteiger partial charge >= 0.3 is 0 Å². The monoisotopic (exact) mass is 237 g/mol. The lowest BCUT2D eigenvalue weighted by Gasteiger charge is -2.03. The fourth-order valence-corrected chi connectivity index (χ4v) is 1.57. The van der Waals surface area contributed by atoms with Gasteiger partial charge in [0.2, 0.25) is 5.91 Å². The molecule has 1 N–H and O–H groups in total. The average molecular weight is 238 g/mol. The van der Waals surface area contributed by atoms with E-state index in [9.17, 15) is 4.79 Å². The Morgan fingerprint density at radius 1 is 1.50 bits per heavy atom. The maximum atomic E-state index is 11.5. The minimum atomic E-state index is 0.0340. The van der Waals surface area contributed by atoms with Gasteiger partial charge in [-0.05, 0) is 31.0 Å². The van der Waals surface area contributed by atoms with Crippen LogP contribution >= 0.6 is 11.6 Å². The molecule has 0 aliphatic heterocycles. The lowest BCUT2D eigenvalue weighted by molar-refractivity contribution is -0.120. The zero-order chi connectivity index (χ0) is 11.8. The third-order valence-corrected chi connectivity index (χ3v) is 2.36. The molecule has 16 heavy (non-hydrogen) atoms. The number of rotatable bonds is 5. The third-order valence-electron chi connectivity index (χ3n) is 2.12. The molecule has 0 heterocycles. The van der Waals surface area contributed by atoms with Crippen molar-refractivity contribution in [1.29, 1.82) is 0 Å². The molecule has 0 saturated carbocycles. The molecule has 0 aromatic heterocycles. The van der Waals surface area contributed by atoms with Crippen molar-refractivity contribution in [3.05, 3.63) is 47.0 Å². The highest BCUT2D eigenvalue weighted by Crippen LogP contribution is 2.10. The standard InChI is InChI=1S/C13H16ClNO/c1-2-3-4-8-15-13(16)10-11-6-5-7-12(14)9-11/h2-3,5-7,9H,4,8,10H2,1H3,(H,15,16)/b3-2+. The van der Waals surface area contributed by atoms with Crippen LogP contribution in [0.5, 0.6) is 0 Å². The Hall–Kier alpha value is -1.28. The van der Waals surface area contributed by atoms with Gasteiger partial charge in [-0.15, -0.1) is 0 Å². The summed E-state index contributed by atoms with van der Waals surface area (Å²) in [6, 6.07) is 7.37. The Kier molecular flexibility index (Phi) is 5.65. The van der Waals surface area contributed by atoms with Crippen LogP contribution in [-0.4, -0.2) is 12.5 Å². The van der Waals surface area contributed by atoms with Crippen molar-refractivity contribution in [2.24, 2.45) is 0 Å². The van der Waals surface area contributed by atoms with Crippen LogP contribution < -0.4 is 5.32 Å². The first-order valence-electron chi connectivity index (χ1n) is 5.34. The minimum Gasteiger partial charge on any atom is -0.356 e. The van der Waals surface area contributed by atoms with Gasteiger partial charge in [-0.2, -0.15) is 0 Å². The highest BCUT2D eigenvalue weighted by molar-refractivity contribution is 6.30. The molecule has 1 aromatic carbocycles. The van der Waals surface area contributed by atoms with E-state index in [1.165, 1.54) is 0 Å². The Morgan fingerprint density at radius 2 is 2.31 bits per heavy atom. The first kappa shape index (κ1) is 12.8. The smallest absolute Gasteiger partial charge is 0.224 e. The van der Waals surface area contributed by atoms with E-state index in [1.54, 1.807) is 6.07 Å². The lowest BCUT2D eigenvalue weighted by atomic mass is 10.1. The van der Waals surface area contributed by atoms with Crippen LogP contribution in [0.1, 0.15) is 18.9 Å². The summed E-state index contributed by atoms with van der Waals surface area (Å²) in [4.78, 5) is 11.5. The summed E-state index contributed by atoms with van der Waals surface area (Å²) in [5.74, 6) is 0.0340. The molecule has 0 bridgehead atoms. The fourth-order valence-electron chi connectivity index (χ4n) is 1.36. The van der Waals surface area contributed by atoms with Crippen LogP contribution in [0.25, 0.3) is 0 Å². The van der Waals surface area contributed by atoms with E-state index in [4.69, 9.17) is 11.6 Å². The molecular weight excluding hydrogens is 222 g/mol. The van der Waals surface area contributed by atoms with Gasteiger partial charge in [0, 0.05) is 11.6 Å².